The quantitative estimate of drug-likeness (QED) is 0.680. The molecule has 0 fully saturated rings. The molecule has 0 saturated heterocycles. The number of carbonyl (C=O) groups is 2. The molecule has 6 nitrogen and oxygen atoms in total. The lowest BCUT2D eigenvalue weighted by atomic mass is 10.0. The summed E-state index contributed by atoms with van der Waals surface area (Å²) in [4.78, 5) is 28.5. The average molecular weight is 370 g/mol. The Hall–Kier alpha value is -2.67. The zero-order valence-electron chi connectivity index (χ0n) is 15.0. The van der Waals surface area contributed by atoms with Gasteiger partial charge in [0.1, 0.15) is 6.04 Å². The fourth-order valence-corrected chi connectivity index (χ4v) is 3.72. The van der Waals surface area contributed by atoms with E-state index in [1.807, 2.05) is 41.2 Å². The summed E-state index contributed by atoms with van der Waals surface area (Å²) in [5.41, 5.74) is 1.51. The van der Waals surface area contributed by atoms with Gasteiger partial charge in [0, 0.05) is 25.0 Å². The second kappa shape index (κ2) is 7.70. The van der Waals surface area contributed by atoms with E-state index in [0.717, 1.165) is 22.3 Å². The number of nitrogens with one attached hydrogen (secondary N) is 2. The van der Waals surface area contributed by atoms with Crippen LogP contribution in [0.25, 0.3) is 10.2 Å². The van der Waals surface area contributed by atoms with Gasteiger partial charge in [-0.25, -0.2) is 4.98 Å². The number of thiazole rings is 1. The van der Waals surface area contributed by atoms with Crippen LogP contribution >= 0.6 is 11.3 Å². The second-order valence-corrected chi connectivity index (χ2v) is 7.68. The summed E-state index contributed by atoms with van der Waals surface area (Å²) in [6, 6.07) is 9.07. The van der Waals surface area contributed by atoms with Crippen molar-refractivity contribution in [3.05, 3.63) is 42.7 Å². The first-order valence-corrected chi connectivity index (χ1v) is 9.35. The number of aromatic nitrogens is 2. The molecule has 136 valence electrons. The standard InChI is InChI=1S/C19H22N4O2S/c1-12(2)10-16(23-8-4-5-9-23)18(25)22-19-21-15-7-6-14(20-13(3)24)11-17(15)26-19/h4-9,11-12,16H,10H2,1-3H3,(H,20,24)(H,21,22,25). The Morgan fingerprint density at radius 3 is 2.58 bits per heavy atom. The maximum absolute atomic E-state index is 12.8. The van der Waals surface area contributed by atoms with Crippen LogP contribution < -0.4 is 10.6 Å². The van der Waals surface area contributed by atoms with Gasteiger partial charge in [-0.1, -0.05) is 25.2 Å². The van der Waals surface area contributed by atoms with Crippen molar-refractivity contribution in [3.8, 4) is 0 Å². The topological polar surface area (TPSA) is 76.0 Å². The molecule has 1 aromatic carbocycles. The molecular formula is C19H22N4O2S. The highest BCUT2D eigenvalue weighted by Crippen LogP contribution is 2.29. The summed E-state index contributed by atoms with van der Waals surface area (Å²) in [5, 5.41) is 6.26. The van der Waals surface area contributed by atoms with Gasteiger partial charge in [-0.2, -0.15) is 0 Å². The number of fused-ring (bicyclic) bond motifs is 1. The van der Waals surface area contributed by atoms with Crippen LogP contribution in [0.3, 0.4) is 0 Å². The molecule has 0 bridgehead atoms. The van der Waals surface area contributed by atoms with Crippen LogP contribution in [0.5, 0.6) is 0 Å². The fraction of sp³-hybridized carbons (Fsp3) is 0.316. The summed E-state index contributed by atoms with van der Waals surface area (Å²) in [6.07, 6.45) is 4.56. The number of carbonyl (C=O) groups excluding carboxylic acids is 2. The molecule has 2 heterocycles. The molecular weight excluding hydrogens is 348 g/mol. The minimum Gasteiger partial charge on any atom is -0.342 e. The Balaban J connectivity index is 1.80. The predicted octanol–water partition coefficient (Wildman–Crippen LogP) is 4.28. The molecule has 0 aliphatic rings. The number of hydrogen-bond donors (Lipinski definition) is 2. The molecule has 0 radical (unpaired) electrons. The molecule has 3 rings (SSSR count). The SMILES string of the molecule is CC(=O)Nc1ccc2nc(NC(=O)C(CC(C)C)n3cccc3)sc2c1. The molecule has 1 atom stereocenters. The van der Waals surface area contributed by atoms with E-state index in [0.29, 0.717) is 11.0 Å². The van der Waals surface area contributed by atoms with Crippen LogP contribution in [0.15, 0.2) is 42.7 Å². The Kier molecular flexibility index (Phi) is 5.37. The van der Waals surface area contributed by atoms with E-state index in [-0.39, 0.29) is 17.9 Å². The number of benzene rings is 1. The van der Waals surface area contributed by atoms with Crippen LogP contribution in [0.2, 0.25) is 0 Å². The number of rotatable bonds is 6. The maximum Gasteiger partial charge on any atom is 0.249 e. The van der Waals surface area contributed by atoms with Crippen LogP contribution in [0.1, 0.15) is 33.2 Å². The Bertz CT molecular complexity index is 915. The van der Waals surface area contributed by atoms with Gasteiger partial charge in [0.2, 0.25) is 11.8 Å². The van der Waals surface area contributed by atoms with E-state index in [1.54, 1.807) is 6.07 Å². The first kappa shape index (κ1) is 18.1. The third-order valence-electron chi connectivity index (χ3n) is 3.92. The van der Waals surface area contributed by atoms with E-state index in [1.165, 1.54) is 18.3 Å². The molecule has 1 unspecified atom stereocenters. The zero-order chi connectivity index (χ0) is 18.7. The van der Waals surface area contributed by atoms with Gasteiger partial charge in [-0.15, -0.1) is 0 Å². The number of hydrogen-bond acceptors (Lipinski definition) is 4. The van der Waals surface area contributed by atoms with Crippen molar-refractivity contribution in [1.29, 1.82) is 0 Å². The molecule has 0 aliphatic carbocycles. The van der Waals surface area contributed by atoms with Gasteiger partial charge in [0.15, 0.2) is 5.13 Å². The first-order chi connectivity index (χ1) is 12.4. The van der Waals surface area contributed by atoms with Crippen LogP contribution in [-0.2, 0) is 9.59 Å². The number of amides is 2. The summed E-state index contributed by atoms with van der Waals surface area (Å²) in [7, 11) is 0. The van der Waals surface area contributed by atoms with Crippen molar-refractivity contribution in [2.45, 2.75) is 33.2 Å². The molecule has 0 spiro atoms. The zero-order valence-corrected chi connectivity index (χ0v) is 15.8. The maximum atomic E-state index is 12.8. The van der Waals surface area contributed by atoms with Crippen molar-refractivity contribution in [2.24, 2.45) is 5.92 Å². The second-order valence-electron chi connectivity index (χ2n) is 6.65. The van der Waals surface area contributed by atoms with E-state index < -0.39 is 0 Å². The number of anilines is 2. The van der Waals surface area contributed by atoms with E-state index >= 15 is 0 Å². The van der Waals surface area contributed by atoms with Crippen LogP contribution in [-0.4, -0.2) is 21.4 Å². The van der Waals surface area contributed by atoms with E-state index in [2.05, 4.69) is 29.5 Å². The summed E-state index contributed by atoms with van der Waals surface area (Å²) >= 11 is 1.40. The normalized spacial score (nSPS) is 12.3. The summed E-state index contributed by atoms with van der Waals surface area (Å²) < 4.78 is 2.84. The molecule has 2 N–H and O–H groups in total. The van der Waals surface area contributed by atoms with E-state index in [4.69, 9.17) is 0 Å². The predicted molar refractivity (Wildman–Crippen MR) is 105 cm³/mol. The Morgan fingerprint density at radius 1 is 1.19 bits per heavy atom. The lowest BCUT2D eigenvalue weighted by Crippen LogP contribution is -2.26. The minimum absolute atomic E-state index is 0.0731. The third-order valence-corrected chi connectivity index (χ3v) is 4.86. The highest BCUT2D eigenvalue weighted by Gasteiger charge is 2.22. The molecule has 26 heavy (non-hydrogen) atoms. The van der Waals surface area contributed by atoms with Gasteiger partial charge < -0.3 is 15.2 Å². The van der Waals surface area contributed by atoms with E-state index in [9.17, 15) is 9.59 Å². The molecule has 3 aromatic rings. The third kappa shape index (κ3) is 4.29. The monoisotopic (exact) mass is 370 g/mol. The highest BCUT2D eigenvalue weighted by molar-refractivity contribution is 7.22. The van der Waals surface area contributed by atoms with Crippen LogP contribution in [0.4, 0.5) is 10.8 Å². The van der Waals surface area contributed by atoms with Crippen molar-refractivity contribution in [1.82, 2.24) is 9.55 Å². The average Bonchev–Trinajstić information content (AvgIpc) is 3.20. The first-order valence-electron chi connectivity index (χ1n) is 8.54. The molecule has 0 aliphatic heterocycles. The van der Waals surface area contributed by atoms with Gasteiger partial charge in [-0.05, 0) is 42.7 Å². The minimum atomic E-state index is -0.271. The van der Waals surface area contributed by atoms with Crippen molar-refractivity contribution >= 4 is 44.2 Å². The fourth-order valence-electron chi connectivity index (χ4n) is 2.81. The molecule has 7 heteroatoms. The lowest BCUT2D eigenvalue weighted by molar-refractivity contribution is -0.119. The molecule has 2 amide bonds. The van der Waals surface area contributed by atoms with Gasteiger partial charge in [-0.3, -0.25) is 9.59 Å². The van der Waals surface area contributed by atoms with Crippen LogP contribution in [0, 0.1) is 5.92 Å². The van der Waals surface area contributed by atoms with Gasteiger partial charge in [0.25, 0.3) is 0 Å². The summed E-state index contributed by atoms with van der Waals surface area (Å²) in [6.45, 7) is 5.68. The molecule has 0 saturated carbocycles. The van der Waals surface area contributed by atoms with Crippen molar-refractivity contribution in [2.75, 3.05) is 10.6 Å². The van der Waals surface area contributed by atoms with Gasteiger partial charge >= 0.3 is 0 Å². The smallest absolute Gasteiger partial charge is 0.249 e. The summed E-state index contributed by atoms with van der Waals surface area (Å²) in [5.74, 6) is 0.199. The lowest BCUT2D eigenvalue weighted by Gasteiger charge is -2.19. The number of nitrogens with zero attached hydrogens (tertiary/aromatic N) is 2. The van der Waals surface area contributed by atoms with Crippen molar-refractivity contribution < 1.29 is 9.59 Å². The van der Waals surface area contributed by atoms with Gasteiger partial charge in [0.05, 0.1) is 10.2 Å². The molecule has 2 aromatic heterocycles. The Labute approximate surface area is 156 Å². The highest BCUT2D eigenvalue weighted by atomic mass is 32.1. The Morgan fingerprint density at radius 2 is 1.92 bits per heavy atom. The van der Waals surface area contributed by atoms with Crippen molar-refractivity contribution in [3.63, 3.8) is 0 Å². The largest absolute Gasteiger partial charge is 0.342 e.